The molecule has 1 fully saturated rings. The van der Waals surface area contributed by atoms with Gasteiger partial charge in [-0.15, -0.1) is 0 Å². The molecule has 3 heterocycles. The number of aromatic nitrogens is 2. The summed E-state index contributed by atoms with van der Waals surface area (Å²) in [5.74, 6) is -0.153. The van der Waals surface area contributed by atoms with Gasteiger partial charge in [-0.05, 0) is 30.2 Å². The van der Waals surface area contributed by atoms with Crippen LogP contribution >= 0.6 is 0 Å². The van der Waals surface area contributed by atoms with E-state index in [9.17, 15) is 14.4 Å². The predicted octanol–water partition coefficient (Wildman–Crippen LogP) is 2.87. The number of amides is 4. The van der Waals surface area contributed by atoms with Crippen LogP contribution in [-0.2, 0) is 11.2 Å². The normalized spacial score (nSPS) is 13.8. The lowest BCUT2D eigenvalue weighted by molar-refractivity contribution is -0.120. The number of piperazine rings is 1. The largest absolute Gasteiger partial charge is 0.361 e. The number of carbonyl (C=O) groups excluding carboxylic acids is 3. The second-order valence-corrected chi connectivity index (χ2v) is 8.99. The molecule has 4 amide bonds. The highest BCUT2D eigenvalue weighted by atomic mass is 16.2. The van der Waals surface area contributed by atoms with E-state index < -0.39 is 0 Å². The molecule has 5 rings (SSSR count). The van der Waals surface area contributed by atoms with Crippen LogP contribution in [0.3, 0.4) is 0 Å². The van der Waals surface area contributed by atoms with E-state index in [2.05, 4.69) is 26.7 Å². The molecule has 9 nitrogen and oxygen atoms in total. The van der Waals surface area contributed by atoms with Crippen LogP contribution < -0.4 is 10.6 Å². The van der Waals surface area contributed by atoms with E-state index in [-0.39, 0.29) is 30.8 Å². The van der Waals surface area contributed by atoms with Crippen molar-refractivity contribution in [3.63, 3.8) is 0 Å². The van der Waals surface area contributed by atoms with Crippen molar-refractivity contribution in [2.45, 2.75) is 12.8 Å². The average Bonchev–Trinajstić information content (AvgIpc) is 3.53. The number of benzene rings is 2. The highest BCUT2D eigenvalue weighted by Crippen LogP contribution is 2.18. The minimum atomic E-state index is -0.209. The van der Waals surface area contributed by atoms with Crippen LogP contribution in [0.25, 0.3) is 21.8 Å². The molecule has 0 aliphatic carbocycles. The summed E-state index contributed by atoms with van der Waals surface area (Å²) in [6, 6.07) is 17.5. The Bertz CT molecular complexity index is 1350. The zero-order valence-electron chi connectivity index (χ0n) is 20.0. The number of carbonyl (C=O) groups is 3. The highest BCUT2D eigenvalue weighted by molar-refractivity contribution is 5.98. The van der Waals surface area contributed by atoms with E-state index in [1.807, 2.05) is 54.7 Å². The lowest BCUT2D eigenvalue weighted by Gasteiger charge is -2.34. The molecule has 1 aliphatic rings. The van der Waals surface area contributed by atoms with Crippen LogP contribution in [-0.4, -0.2) is 76.9 Å². The van der Waals surface area contributed by atoms with Gasteiger partial charge in [0.1, 0.15) is 5.69 Å². The number of rotatable bonds is 7. The van der Waals surface area contributed by atoms with Crippen molar-refractivity contribution in [1.29, 1.82) is 0 Å². The van der Waals surface area contributed by atoms with Crippen LogP contribution in [0.2, 0.25) is 0 Å². The summed E-state index contributed by atoms with van der Waals surface area (Å²) in [5, 5.41) is 7.90. The van der Waals surface area contributed by atoms with Crippen molar-refractivity contribution in [3.8, 4) is 0 Å². The van der Waals surface area contributed by atoms with E-state index in [1.165, 1.54) is 10.9 Å². The Morgan fingerprint density at radius 3 is 2.36 bits per heavy atom. The fourth-order valence-electron chi connectivity index (χ4n) is 4.63. The summed E-state index contributed by atoms with van der Waals surface area (Å²) in [4.78, 5) is 47.4. The molecule has 36 heavy (non-hydrogen) atoms. The molecule has 0 saturated carbocycles. The summed E-state index contributed by atoms with van der Waals surface area (Å²) in [7, 11) is 0. The van der Waals surface area contributed by atoms with Crippen molar-refractivity contribution in [2.24, 2.45) is 0 Å². The number of para-hydroxylation sites is 2. The molecule has 186 valence electrons. The summed E-state index contributed by atoms with van der Waals surface area (Å²) in [5.41, 5.74) is 3.75. The minimum absolute atomic E-state index is 0.0597. The smallest absolute Gasteiger partial charge is 0.317 e. The Kier molecular flexibility index (Phi) is 6.88. The Balaban J connectivity index is 1.00. The predicted molar refractivity (Wildman–Crippen MR) is 139 cm³/mol. The standard InChI is InChI=1S/C27H30N6O3/c34-25(28-11-9-20-18-30-23-8-4-2-6-21(20)23)10-12-29-27(36)33-15-13-32(14-16-33)26(35)24-17-19-5-1-3-7-22(19)31-24/h1-8,17-18,30-31H,9-16H2,(H,28,34)(H,29,36). The molecule has 2 aromatic heterocycles. The van der Waals surface area contributed by atoms with Crippen LogP contribution in [0.15, 0.2) is 60.8 Å². The van der Waals surface area contributed by atoms with Gasteiger partial charge in [0.25, 0.3) is 5.91 Å². The molecule has 2 aromatic carbocycles. The first-order valence-electron chi connectivity index (χ1n) is 12.3. The molecule has 4 N–H and O–H groups in total. The Morgan fingerprint density at radius 1 is 0.833 bits per heavy atom. The SMILES string of the molecule is O=C(CCNC(=O)N1CCN(C(=O)c2cc3ccccc3[nH]2)CC1)NCCc1c[nH]c2ccccc12. The third-order valence-corrected chi connectivity index (χ3v) is 6.63. The van der Waals surface area contributed by atoms with Crippen LogP contribution in [0.4, 0.5) is 4.79 Å². The molecular weight excluding hydrogens is 456 g/mol. The second-order valence-electron chi connectivity index (χ2n) is 8.99. The van der Waals surface area contributed by atoms with Gasteiger partial charge >= 0.3 is 6.03 Å². The summed E-state index contributed by atoms with van der Waals surface area (Å²) >= 11 is 0. The molecular formula is C27H30N6O3. The van der Waals surface area contributed by atoms with Crippen molar-refractivity contribution in [3.05, 3.63) is 72.1 Å². The zero-order valence-corrected chi connectivity index (χ0v) is 20.0. The summed E-state index contributed by atoms with van der Waals surface area (Å²) in [6.45, 7) is 2.65. The van der Waals surface area contributed by atoms with Gasteiger partial charge in [0.2, 0.25) is 5.91 Å². The molecule has 1 saturated heterocycles. The number of fused-ring (bicyclic) bond motifs is 2. The van der Waals surface area contributed by atoms with Crippen molar-refractivity contribution >= 4 is 39.7 Å². The fraction of sp³-hybridized carbons (Fsp3) is 0.296. The first-order valence-corrected chi connectivity index (χ1v) is 12.3. The first-order chi connectivity index (χ1) is 17.6. The van der Waals surface area contributed by atoms with Gasteiger partial charge in [-0.3, -0.25) is 9.59 Å². The van der Waals surface area contributed by atoms with Crippen LogP contribution in [0.1, 0.15) is 22.5 Å². The monoisotopic (exact) mass is 486 g/mol. The molecule has 0 radical (unpaired) electrons. The summed E-state index contributed by atoms with van der Waals surface area (Å²) < 4.78 is 0. The fourth-order valence-corrected chi connectivity index (χ4v) is 4.63. The van der Waals surface area contributed by atoms with E-state index in [1.54, 1.807) is 9.80 Å². The highest BCUT2D eigenvalue weighted by Gasteiger charge is 2.25. The van der Waals surface area contributed by atoms with E-state index >= 15 is 0 Å². The number of nitrogens with one attached hydrogen (secondary N) is 4. The zero-order chi connectivity index (χ0) is 24.9. The Labute approximate surface area is 208 Å². The Morgan fingerprint density at radius 2 is 1.56 bits per heavy atom. The second kappa shape index (κ2) is 10.6. The number of hydrogen-bond donors (Lipinski definition) is 4. The van der Waals surface area contributed by atoms with Gasteiger partial charge in [0, 0.05) is 73.7 Å². The maximum atomic E-state index is 12.8. The third-order valence-electron chi connectivity index (χ3n) is 6.63. The van der Waals surface area contributed by atoms with Gasteiger partial charge in [-0.2, -0.15) is 0 Å². The lowest BCUT2D eigenvalue weighted by Crippen LogP contribution is -2.53. The van der Waals surface area contributed by atoms with Crippen LogP contribution in [0, 0.1) is 0 Å². The lowest BCUT2D eigenvalue weighted by atomic mass is 10.1. The van der Waals surface area contributed by atoms with Crippen molar-refractivity contribution in [2.75, 3.05) is 39.3 Å². The molecule has 0 unspecified atom stereocenters. The molecule has 0 spiro atoms. The minimum Gasteiger partial charge on any atom is -0.361 e. The van der Waals surface area contributed by atoms with Crippen molar-refractivity contribution < 1.29 is 14.4 Å². The van der Waals surface area contributed by atoms with Gasteiger partial charge < -0.3 is 30.4 Å². The van der Waals surface area contributed by atoms with Crippen LogP contribution in [0.5, 0.6) is 0 Å². The molecule has 9 heteroatoms. The Hall–Kier alpha value is -4.27. The number of nitrogens with zero attached hydrogens (tertiary/aromatic N) is 2. The molecule has 0 bridgehead atoms. The van der Waals surface area contributed by atoms with E-state index in [4.69, 9.17) is 0 Å². The maximum Gasteiger partial charge on any atom is 0.317 e. The summed E-state index contributed by atoms with van der Waals surface area (Å²) in [6.07, 6.45) is 2.94. The van der Waals surface area contributed by atoms with E-state index in [0.29, 0.717) is 38.4 Å². The topological polar surface area (TPSA) is 113 Å². The third kappa shape index (κ3) is 5.19. The molecule has 4 aromatic rings. The number of H-pyrrole nitrogens is 2. The maximum absolute atomic E-state index is 12.8. The quantitative estimate of drug-likeness (QED) is 0.322. The molecule has 1 aliphatic heterocycles. The van der Waals surface area contributed by atoms with Gasteiger partial charge in [-0.1, -0.05) is 36.4 Å². The first kappa shape index (κ1) is 23.5. The van der Waals surface area contributed by atoms with Gasteiger partial charge in [0.05, 0.1) is 0 Å². The average molecular weight is 487 g/mol. The van der Waals surface area contributed by atoms with Crippen molar-refractivity contribution in [1.82, 2.24) is 30.4 Å². The number of urea groups is 1. The van der Waals surface area contributed by atoms with Gasteiger partial charge in [-0.25, -0.2) is 4.79 Å². The number of hydrogen-bond acceptors (Lipinski definition) is 3. The van der Waals surface area contributed by atoms with E-state index in [0.717, 1.165) is 22.8 Å². The van der Waals surface area contributed by atoms with Gasteiger partial charge in [0.15, 0.2) is 0 Å². The molecule has 0 atom stereocenters. The number of aromatic amines is 2.